The van der Waals surface area contributed by atoms with Gasteiger partial charge in [-0.1, -0.05) is 11.6 Å². The van der Waals surface area contributed by atoms with Crippen LogP contribution in [0.15, 0.2) is 42.5 Å². The highest BCUT2D eigenvalue weighted by atomic mass is 16.5. The normalized spacial score (nSPS) is 10.4. The lowest BCUT2D eigenvalue weighted by Gasteiger charge is -2.21. The quantitative estimate of drug-likeness (QED) is 0.664. The van der Waals surface area contributed by atoms with Crippen LogP contribution in [-0.4, -0.2) is 31.9 Å². The minimum Gasteiger partial charge on any atom is -0.496 e. The van der Waals surface area contributed by atoms with Crippen LogP contribution in [0.1, 0.15) is 42.6 Å². The van der Waals surface area contributed by atoms with Crippen molar-refractivity contribution in [2.75, 3.05) is 30.4 Å². The molecule has 0 radical (unpaired) electrons. The summed E-state index contributed by atoms with van der Waals surface area (Å²) in [5.41, 5.74) is 3.36. The summed E-state index contributed by atoms with van der Waals surface area (Å²) in [5, 5.41) is 2.85. The Morgan fingerprint density at radius 1 is 1.00 bits per heavy atom. The van der Waals surface area contributed by atoms with E-state index in [0.29, 0.717) is 11.3 Å². The monoisotopic (exact) mass is 368 g/mol. The fraction of sp³-hybridized carbons (Fsp3) is 0.364. The van der Waals surface area contributed by atoms with Crippen molar-refractivity contribution in [1.29, 1.82) is 0 Å². The zero-order chi connectivity index (χ0) is 19.8. The Morgan fingerprint density at radius 2 is 1.67 bits per heavy atom. The fourth-order valence-corrected chi connectivity index (χ4v) is 2.97. The van der Waals surface area contributed by atoms with Gasteiger partial charge in [-0.25, -0.2) is 0 Å². The highest BCUT2D eigenvalue weighted by molar-refractivity contribution is 6.01. The Kier molecular flexibility index (Phi) is 7.41. The first kappa shape index (κ1) is 20.5. The first-order chi connectivity index (χ1) is 13.0. The van der Waals surface area contributed by atoms with Crippen LogP contribution in [0.5, 0.6) is 5.75 Å². The van der Waals surface area contributed by atoms with Crippen molar-refractivity contribution in [2.45, 2.75) is 33.6 Å². The molecule has 0 aliphatic rings. The van der Waals surface area contributed by atoms with E-state index in [2.05, 4.69) is 24.1 Å². The van der Waals surface area contributed by atoms with Gasteiger partial charge < -0.3 is 15.0 Å². The van der Waals surface area contributed by atoms with Crippen LogP contribution in [0.2, 0.25) is 0 Å². The van der Waals surface area contributed by atoms with Gasteiger partial charge in [-0.05, 0) is 57.2 Å². The molecule has 0 atom stereocenters. The maximum atomic E-state index is 12.5. The van der Waals surface area contributed by atoms with Crippen LogP contribution in [0.25, 0.3) is 0 Å². The van der Waals surface area contributed by atoms with Gasteiger partial charge in [-0.15, -0.1) is 0 Å². The summed E-state index contributed by atoms with van der Waals surface area (Å²) in [5.74, 6) is 0.270. The number of Topliss-reactive ketones (excluding diaryl/α,β-unsaturated/α-hetero) is 1. The van der Waals surface area contributed by atoms with Gasteiger partial charge in [0.1, 0.15) is 5.75 Å². The number of carbonyl (C=O) groups excluding carboxylic acids is 2. The van der Waals surface area contributed by atoms with E-state index in [1.807, 2.05) is 37.3 Å². The number of anilines is 2. The average molecular weight is 368 g/mol. The highest BCUT2D eigenvalue weighted by Gasteiger charge is 2.14. The van der Waals surface area contributed by atoms with Crippen molar-refractivity contribution in [3.8, 4) is 5.75 Å². The first-order valence-corrected chi connectivity index (χ1v) is 9.31. The average Bonchev–Trinajstić information content (AvgIpc) is 2.68. The molecule has 0 aromatic heterocycles. The SMILES string of the molecule is CCN(CC)c1ccc(NC(=O)CCC(=O)c2cc(C)ccc2OC)cc1. The molecular formula is C22H28N2O3. The molecule has 1 amide bonds. The van der Waals surface area contributed by atoms with Crippen molar-refractivity contribution in [2.24, 2.45) is 0 Å². The number of aryl methyl sites for hydroxylation is 1. The van der Waals surface area contributed by atoms with Crippen LogP contribution < -0.4 is 15.0 Å². The Bertz CT molecular complexity index is 781. The molecule has 2 aromatic rings. The summed E-state index contributed by atoms with van der Waals surface area (Å²) < 4.78 is 5.25. The zero-order valence-corrected chi connectivity index (χ0v) is 16.5. The maximum absolute atomic E-state index is 12.5. The number of hydrogen-bond acceptors (Lipinski definition) is 4. The molecule has 5 nitrogen and oxygen atoms in total. The van der Waals surface area contributed by atoms with Crippen LogP contribution in [-0.2, 0) is 4.79 Å². The van der Waals surface area contributed by atoms with Gasteiger partial charge in [0, 0.05) is 37.3 Å². The van der Waals surface area contributed by atoms with Crippen LogP contribution in [0.4, 0.5) is 11.4 Å². The minimum absolute atomic E-state index is 0.0948. The lowest BCUT2D eigenvalue weighted by molar-refractivity contribution is -0.116. The van der Waals surface area contributed by atoms with Gasteiger partial charge in [0.25, 0.3) is 0 Å². The summed E-state index contributed by atoms with van der Waals surface area (Å²) in [6, 6.07) is 13.2. The molecule has 1 N–H and O–H groups in total. The second-order valence-corrected chi connectivity index (χ2v) is 6.39. The second-order valence-electron chi connectivity index (χ2n) is 6.39. The van der Waals surface area contributed by atoms with Crippen molar-refractivity contribution in [3.63, 3.8) is 0 Å². The Morgan fingerprint density at radius 3 is 2.26 bits per heavy atom. The van der Waals surface area contributed by atoms with Crippen LogP contribution >= 0.6 is 0 Å². The number of carbonyl (C=O) groups is 2. The maximum Gasteiger partial charge on any atom is 0.224 e. The lowest BCUT2D eigenvalue weighted by Crippen LogP contribution is -2.21. The molecule has 0 saturated heterocycles. The summed E-state index contributed by atoms with van der Waals surface area (Å²) in [7, 11) is 1.54. The lowest BCUT2D eigenvalue weighted by atomic mass is 10.0. The van der Waals surface area contributed by atoms with Gasteiger partial charge in [0.15, 0.2) is 5.78 Å². The van der Waals surface area contributed by atoms with Crippen molar-refractivity contribution in [3.05, 3.63) is 53.6 Å². The molecule has 0 fully saturated rings. The van der Waals surface area contributed by atoms with Gasteiger partial charge in [0.2, 0.25) is 5.91 Å². The molecule has 0 aliphatic heterocycles. The van der Waals surface area contributed by atoms with Gasteiger partial charge in [-0.3, -0.25) is 9.59 Å². The van der Waals surface area contributed by atoms with E-state index in [1.54, 1.807) is 12.1 Å². The Hall–Kier alpha value is -2.82. The second kappa shape index (κ2) is 9.76. The predicted octanol–water partition coefficient (Wildman–Crippen LogP) is 4.45. The third kappa shape index (κ3) is 5.58. The fourth-order valence-electron chi connectivity index (χ4n) is 2.97. The summed E-state index contributed by atoms with van der Waals surface area (Å²) in [6.07, 6.45) is 0.275. The van der Waals surface area contributed by atoms with Crippen LogP contribution in [0, 0.1) is 6.92 Å². The Labute approximate surface area is 161 Å². The topological polar surface area (TPSA) is 58.6 Å². The van der Waals surface area contributed by atoms with E-state index in [9.17, 15) is 9.59 Å². The molecule has 0 heterocycles. The number of ketones is 1. The van der Waals surface area contributed by atoms with Gasteiger partial charge >= 0.3 is 0 Å². The molecule has 5 heteroatoms. The molecule has 2 rings (SSSR count). The molecule has 27 heavy (non-hydrogen) atoms. The van der Waals surface area contributed by atoms with Gasteiger partial charge in [-0.2, -0.15) is 0 Å². The van der Waals surface area contributed by atoms with Crippen LogP contribution in [0.3, 0.4) is 0 Å². The number of ether oxygens (including phenoxy) is 1. The number of nitrogens with zero attached hydrogens (tertiary/aromatic N) is 1. The highest BCUT2D eigenvalue weighted by Crippen LogP contribution is 2.22. The van der Waals surface area contributed by atoms with E-state index in [4.69, 9.17) is 4.74 Å². The number of nitrogens with one attached hydrogen (secondary N) is 1. The summed E-state index contributed by atoms with van der Waals surface area (Å²) in [6.45, 7) is 8.02. The number of amides is 1. The van der Waals surface area contributed by atoms with E-state index in [0.717, 1.165) is 30.0 Å². The molecule has 0 spiro atoms. The number of rotatable bonds is 9. The smallest absolute Gasteiger partial charge is 0.224 e. The molecule has 144 valence electrons. The van der Waals surface area contributed by atoms with E-state index >= 15 is 0 Å². The van der Waals surface area contributed by atoms with Crippen molar-refractivity contribution >= 4 is 23.1 Å². The third-order valence-electron chi connectivity index (χ3n) is 4.51. The van der Waals surface area contributed by atoms with E-state index in [-0.39, 0.29) is 24.5 Å². The largest absolute Gasteiger partial charge is 0.496 e. The Balaban J connectivity index is 1.93. The molecular weight excluding hydrogens is 340 g/mol. The molecule has 0 saturated carbocycles. The number of hydrogen-bond donors (Lipinski definition) is 1. The molecule has 0 aliphatic carbocycles. The number of benzene rings is 2. The van der Waals surface area contributed by atoms with E-state index in [1.165, 1.54) is 7.11 Å². The third-order valence-corrected chi connectivity index (χ3v) is 4.51. The minimum atomic E-state index is -0.175. The first-order valence-electron chi connectivity index (χ1n) is 9.31. The van der Waals surface area contributed by atoms with Crippen molar-refractivity contribution < 1.29 is 14.3 Å². The molecule has 2 aromatic carbocycles. The zero-order valence-electron chi connectivity index (χ0n) is 16.5. The molecule has 0 unspecified atom stereocenters. The molecule has 0 bridgehead atoms. The summed E-state index contributed by atoms with van der Waals surface area (Å²) in [4.78, 5) is 26.9. The predicted molar refractivity (Wildman–Crippen MR) is 110 cm³/mol. The summed E-state index contributed by atoms with van der Waals surface area (Å²) >= 11 is 0. The van der Waals surface area contributed by atoms with Crippen molar-refractivity contribution in [1.82, 2.24) is 0 Å². The van der Waals surface area contributed by atoms with Gasteiger partial charge in [0.05, 0.1) is 12.7 Å². The number of methoxy groups -OCH3 is 1. The van der Waals surface area contributed by atoms with E-state index < -0.39 is 0 Å². The standard InChI is InChI=1S/C22H28N2O3/c1-5-24(6-2)18-10-8-17(9-11-18)23-22(26)14-12-20(25)19-15-16(3)7-13-21(19)27-4/h7-11,13,15H,5-6,12,14H2,1-4H3,(H,23,26).